The molecular weight excluding hydrogens is 802 g/mol. The Morgan fingerprint density at radius 1 is 0.889 bits per heavy atom. The zero-order valence-electron chi connectivity index (χ0n) is 27.7. The molecule has 6 rings (SSSR count). The van der Waals surface area contributed by atoms with E-state index < -0.39 is 99.2 Å². The third-order valence-corrected chi connectivity index (χ3v) is 14.2. The average molecular weight is 831 g/mol. The Morgan fingerprint density at radius 2 is 1.57 bits per heavy atom. The van der Waals surface area contributed by atoms with E-state index in [9.17, 15) is 47.4 Å². The van der Waals surface area contributed by atoms with E-state index in [0.29, 0.717) is 16.9 Å². The number of carboxylic acids is 1. The van der Waals surface area contributed by atoms with Crippen molar-refractivity contribution in [3.05, 3.63) is 94.7 Å². The summed E-state index contributed by atoms with van der Waals surface area (Å²) in [7, 11) is -24.3. The van der Waals surface area contributed by atoms with Crippen LogP contribution < -0.4 is 25.3 Å². The summed E-state index contributed by atoms with van der Waals surface area (Å²) in [6.07, 6.45) is -5.38. The van der Waals surface area contributed by atoms with Crippen molar-refractivity contribution in [2.75, 3.05) is 12.8 Å². The molecule has 2 saturated heterocycles. The number of benzene rings is 2. The highest BCUT2D eigenvalue weighted by molar-refractivity contribution is 7.69. The van der Waals surface area contributed by atoms with E-state index in [1.54, 1.807) is 36.4 Å². The Hall–Kier alpha value is -3.19. The van der Waals surface area contributed by atoms with Crippen LogP contribution in [-0.2, 0) is 54.7 Å². The third-order valence-electron chi connectivity index (χ3n) is 7.90. The first-order valence-corrected chi connectivity index (χ1v) is 21.8. The van der Waals surface area contributed by atoms with Crippen LogP contribution in [0.3, 0.4) is 0 Å². The fourth-order valence-electron chi connectivity index (χ4n) is 5.68. The molecule has 2 aliphatic rings. The number of aliphatic carboxylic acids is 1. The molecular formula is C29H29N3O18P4-4. The number of phosphoric acid groups is 3. The van der Waals surface area contributed by atoms with Gasteiger partial charge in [-0.2, -0.15) is 0 Å². The predicted octanol–water partition coefficient (Wildman–Crippen LogP) is 1.74. The third kappa shape index (κ3) is 9.78. The number of aryl methyl sites for hydroxylation is 1. The summed E-state index contributed by atoms with van der Waals surface area (Å²) >= 11 is 0. The minimum atomic E-state index is -6.47. The van der Waals surface area contributed by atoms with Gasteiger partial charge in [0, 0.05) is 36.1 Å². The van der Waals surface area contributed by atoms with Gasteiger partial charge in [0.25, 0.3) is 23.5 Å². The fraction of sp³-hybridized carbons (Fsp3) is 0.345. The molecule has 2 aromatic carbocycles. The molecule has 21 nitrogen and oxygen atoms in total. The summed E-state index contributed by atoms with van der Waals surface area (Å²) in [6.45, 7) is 0.886. The van der Waals surface area contributed by atoms with E-state index in [2.05, 4.69) is 17.9 Å². The molecule has 0 bridgehead atoms. The number of aromatic nitrogens is 3. The van der Waals surface area contributed by atoms with Crippen LogP contribution in [0.25, 0.3) is 16.9 Å². The lowest BCUT2D eigenvalue weighted by molar-refractivity contribution is -0.252. The number of imidazole rings is 1. The molecule has 0 amide bonds. The van der Waals surface area contributed by atoms with Crippen molar-refractivity contribution in [2.45, 2.75) is 50.6 Å². The highest BCUT2D eigenvalue weighted by Gasteiger charge is 2.54. The number of fused-ring (bicyclic) bond motifs is 2. The first-order valence-electron chi connectivity index (χ1n) is 15.7. The summed E-state index contributed by atoms with van der Waals surface area (Å²) in [6, 6.07) is 17.6. The quantitative estimate of drug-likeness (QED) is 0.157. The fourth-order valence-corrected chi connectivity index (χ4v) is 11.0. The number of carbonyl (C=O) groups is 1. The molecule has 0 spiro atoms. The second-order valence-electron chi connectivity index (χ2n) is 12.0. The van der Waals surface area contributed by atoms with Crippen molar-refractivity contribution in [1.29, 1.82) is 0 Å². The Morgan fingerprint density at radius 3 is 2.28 bits per heavy atom. The lowest BCUT2D eigenvalue weighted by atomic mass is 10.1. The van der Waals surface area contributed by atoms with Crippen molar-refractivity contribution in [3.8, 4) is 11.3 Å². The lowest BCUT2D eigenvalue weighted by Crippen LogP contribution is -2.35. The summed E-state index contributed by atoms with van der Waals surface area (Å²) in [5.41, 5.74) is 2.50. The summed E-state index contributed by atoms with van der Waals surface area (Å²) in [5.74, 6) is -1.41. The number of carboxylic acid groups (broad SMARTS) is 1. The smallest absolute Gasteiger partial charge is 0.336 e. The molecule has 2 fully saturated rings. The van der Waals surface area contributed by atoms with Crippen molar-refractivity contribution in [3.63, 3.8) is 0 Å². The van der Waals surface area contributed by atoms with Gasteiger partial charge in [0.1, 0.15) is 31.6 Å². The van der Waals surface area contributed by atoms with Gasteiger partial charge in [-0.15, -0.1) is 0 Å². The van der Waals surface area contributed by atoms with Gasteiger partial charge in [-0.1, -0.05) is 54.1 Å². The van der Waals surface area contributed by atoms with E-state index in [0.717, 1.165) is 15.7 Å². The van der Waals surface area contributed by atoms with Crippen LogP contribution in [-0.4, -0.2) is 56.1 Å². The van der Waals surface area contributed by atoms with Crippen LogP contribution in [0.1, 0.15) is 36.5 Å². The SMILES string of the molecule is Cc1cccc(-c2cn3c(=O)n([C@@H]4O[C@H](COP(=O)([O-])OP(=O)([O-])OP(=O)([O-])OP(=O)([O-])CCCC(=O)O)[C@@H]5OC(c6ccccc6)OC54)ccc3n2)c1. The largest absolute Gasteiger partial charge is 0.778 e. The van der Waals surface area contributed by atoms with Gasteiger partial charge in [0.15, 0.2) is 12.5 Å². The maximum Gasteiger partial charge on any atom is 0.336 e. The lowest BCUT2D eigenvalue weighted by Gasteiger charge is -2.36. The van der Waals surface area contributed by atoms with Gasteiger partial charge in [-0.05, 0) is 25.5 Å². The van der Waals surface area contributed by atoms with Crippen LogP contribution in [0.2, 0.25) is 0 Å². The maximum atomic E-state index is 13.8. The molecule has 4 aromatic rings. The van der Waals surface area contributed by atoms with E-state index in [1.165, 1.54) is 16.8 Å². The van der Waals surface area contributed by atoms with Gasteiger partial charge >= 0.3 is 11.7 Å². The number of nitrogens with zero attached hydrogens (tertiary/aromatic N) is 3. The van der Waals surface area contributed by atoms with Crippen molar-refractivity contribution >= 4 is 42.7 Å². The van der Waals surface area contributed by atoms with Crippen LogP contribution in [0, 0.1) is 6.92 Å². The Bertz CT molecular complexity index is 2280. The standard InChI is InChI=1S/C29H33N3O18P4/c1-18-7-5-10-20(15-18)21-16-32-23(30-21)12-13-31(29(32)35)27-26-25(46-28(47-26)19-8-3-2-4-9-19)22(45-27)17-44-52(38,39)49-54(42,43)50-53(40,41)48-51(36,37)14-6-11-24(33)34/h2-5,7-10,12-13,15-16,22,25-28H,6,11,14,17H2,1H3,(H,33,34)(H,36,37)(H,38,39)(H,40,41)(H,42,43)/p-4/t22-,25+,26?,27-,28?/m1/s1. The normalized spacial score (nSPS) is 25.7. The zero-order valence-corrected chi connectivity index (χ0v) is 31.2. The number of rotatable bonds is 16. The summed E-state index contributed by atoms with van der Waals surface area (Å²) in [4.78, 5) is 77.5. The van der Waals surface area contributed by atoms with Gasteiger partial charge in [-0.25, -0.2) is 18.4 Å². The Kier molecular flexibility index (Phi) is 11.8. The van der Waals surface area contributed by atoms with Gasteiger partial charge in [-0.3, -0.25) is 31.8 Å². The number of hydrogen-bond acceptors (Lipinski definition) is 18. The molecule has 4 heterocycles. The van der Waals surface area contributed by atoms with Crippen LogP contribution in [0.4, 0.5) is 0 Å². The van der Waals surface area contributed by atoms with Gasteiger partial charge in [0.05, 0.1) is 12.3 Å². The number of phosphoric ester groups is 1. The van der Waals surface area contributed by atoms with E-state index in [1.807, 2.05) is 31.2 Å². The highest BCUT2D eigenvalue weighted by atomic mass is 31.3. The Labute approximate surface area is 305 Å². The molecule has 25 heteroatoms. The minimum Gasteiger partial charge on any atom is -0.778 e. The maximum absolute atomic E-state index is 13.8. The summed E-state index contributed by atoms with van der Waals surface area (Å²) in [5, 5.41) is 8.60. The molecule has 0 radical (unpaired) electrons. The monoisotopic (exact) mass is 831 g/mol. The van der Waals surface area contributed by atoms with Gasteiger partial charge < -0.3 is 48.0 Å². The second kappa shape index (κ2) is 15.7. The molecule has 1 N–H and O–H groups in total. The van der Waals surface area contributed by atoms with Crippen molar-refractivity contribution in [2.24, 2.45) is 0 Å². The minimum absolute atomic E-state index is 0.311. The molecule has 2 aromatic heterocycles. The topological polar surface area (TPSA) is 302 Å². The molecule has 292 valence electrons. The Balaban J connectivity index is 1.18. The molecule has 2 aliphatic heterocycles. The first-order chi connectivity index (χ1) is 25.3. The van der Waals surface area contributed by atoms with E-state index in [-0.39, 0.29) is 0 Å². The number of ether oxygens (including phenoxy) is 3. The van der Waals surface area contributed by atoms with Crippen LogP contribution in [0.15, 0.2) is 77.9 Å². The molecule has 0 saturated carbocycles. The van der Waals surface area contributed by atoms with Crippen LogP contribution in [0.5, 0.6) is 0 Å². The first kappa shape index (κ1) is 40.5. The molecule has 0 aliphatic carbocycles. The molecule has 6 unspecified atom stereocenters. The van der Waals surface area contributed by atoms with Gasteiger partial charge in [0.2, 0.25) is 0 Å². The number of hydrogen-bond donors (Lipinski definition) is 1. The average Bonchev–Trinajstić information content (AvgIpc) is 3.77. The van der Waals surface area contributed by atoms with E-state index >= 15 is 0 Å². The predicted molar refractivity (Wildman–Crippen MR) is 174 cm³/mol. The van der Waals surface area contributed by atoms with Crippen LogP contribution >= 0.6 is 31.1 Å². The summed E-state index contributed by atoms with van der Waals surface area (Å²) < 4.78 is 85.0. The molecule has 54 heavy (non-hydrogen) atoms. The van der Waals surface area contributed by atoms with Crippen molar-refractivity contribution in [1.82, 2.24) is 14.0 Å². The van der Waals surface area contributed by atoms with E-state index in [4.69, 9.17) is 23.8 Å². The van der Waals surface area contributed by atoms with Crippen molar-refractivity contribution < 1.29 is 79.4 Å². The zero-order chi connectivity index (χ0) is 39.1. The highest BCUT2D eigenvalue weighted by Crippen LogP contribution is 2.66. The molecule has 9 atom stereocenters. The second-order valence-corrected chi connectivity index (χ2v) is 18.5.